The Balaban J connectivity index is 2.68. The van der Waals surface area contributed by atoms with Crippen molar-refractivity contribution < 1.29 is 4.39 Å². The summed E-state index contributed by atoms with van der Waals surface area (Å²) in [6.07, 6.45) is 8.78. The van der Waals surface area contributed by atoms with Gasteiger partial charge in [0.25, 0.3) is 0 Å². The second-order valence-corrected chi connectivity index (χ2v) is 6.18. The zero-order chi connectivity index (χ0) is 15.7. The Kier molecular flexibility index (Phi) is 8.60. The first-order valence-corrected chi connectivity index (χ1v) is 8.60. The molecular formula is C19H32FN. The van der Waals surface area contributed by atoms with E-state index in [1.807, 2.05) is 26.0 Å². The predicted molar refractivity (Wildman–Crippen MR) is 90.3 cm³/mol. The van der Waals surface area contributed by atoms with Gasteiger partial charge in [0.05, 0.1) is 0 Å². The number of unbranched alkanes of at least 4 members (excludes halogenated alkanes) is 4. The molecule has 0 aromatic heterocycles. The third kappa shape index (κ3) is 6.17. The van der Waals surface area contributed by atoms with Crippen molar-refractivity contribution in [3.05, 3.63) is 34.6 Å². The highest BCUT2D eigenvalue weighted by molar-refractivity contribution is 5.32. The highest BCUT2D eigenvalue weighted by Crippen LogP contribution is 2.24. The first-order chi connectivity index (χ1) is 10.1. The second kappa shape index (κ2) is 9.94. The Morgan fingerprint density at radius 3 is 2.14 bits per heavy atom. The van der Waals surface area contributed by atoms with Crippen LogP contribution in [-0.4, -0.2) is 6.54 Å². The van der Waals surface area contributed by atoms with E-state index in [2.05, 4.69) is 19.2 Å². The zero-order valence-electron chi connectivity index (χ0n) is 14.3. The van der Waals surface area contributed by atoms with E-state index in [4.69, 9.17) is 0 Å². The van der Waals surface area contributed by atoms with Crippen LogP contribution in [-0.2, 0) is 0 Å². The predicted octanol–water partition coefficient (Wildman–Crippen LogP) is 5.84. The van der Waals surface area contributed by atoms with Crippen molar-refractivity contribution in [3.63, 3.8) is 0 Å². The van der Waals surface area contributed by atoms with Crippen LogP contribution >= 0.6 is 0 Å². The standard InChI is InChI=1S/C19H32FN/c1-5-7-8-9-10-11-18(21-12-6-2)17-13-15(3)19(20)16(4)14-17/h13-14,18,21H,5-12H2,1-4H3. The van der Waals surface area contributed by atoms with Crippen molar-refractivity contribution in [2.24, 2.45) is 0 Å². The van der Waals surface area contributed by atoms with Crippen molar-refractivity contribution in [1.82, 2.24) is 5.32 Å². The normalized spacial score (nSPS) is 12.6. The fourth-order valence-corrected chi connectivity index (χ4v) is 2.84. The number of halogens is 1. The fraction of sp³-hybridized carbons (Fsp3) is 0.684. The third-order valence-corrected chi connectivity index (χ3v) is 4.10. The van der Waals surface area contributed by atoms with Crippen molar-refractivity contribution in [3.8, 4) is 0 Å². The average molecular weight is 293 g/mol. The van der Waals surface area contributed by atoms with Gasteiger partial charge in [-0.05, 0) is 49.9 Å². The molecule has 1 unspecified atom stereocenters. The molecule has 0 amide bonds. The van der Waals surface area contributed by atoms with Gasteiger partial charge in [0, 0.05) is 6.04 Å². The van der Waals surface area contributed by atoms with E-state index in [1.165, 1.54) is 37.7 Å². The summed E-state index contributed by atoms with van der Waals surface area (Å²) in [6, 6.07) is 4.40. The van der Waals surface area contributed by atoms with Gasteiger partial charge in [-0.3, -0.25) is 0 Å². The second-order valence-electron chi connectivity index (χ2n) is 6.18. The van der Waals surface area contributed by atoms with Gasteiger partial charge < -0.3 is 5.32 Å². The topological polar surface area (TPSA) is 12.0 Å². The van der Waals surface area contributed by atoms with Gasteiger partial charge in [-0.1, -0.05) is 58.1 Å². The Morgan fingerprint density at radius 2 is 1.57 bits per heavy atom. The summed E-state index contributed by atoms with van der Waals surface area (Å²) < 4.78 is 13.8. The van der Waals surface area contributed by atoms with Crippen molar-refractivity contribution in [1.29, 1.82) is 0 Å². The zero-order valence-corrected chi connectivity index (χ0v) is 14.3. The van der Waals surface area contributed by atoms with Crippen LogP contribution in [0.4, 0.5) is 4.39 Å². The van der Waals surface area contributed by atoms with E-state index in [9.17, 15) is 4.39 Å². The van der Waals surface area contributed by atoms with Crippen molar-refractivity contribution in [2.45, 2.75) is 78.7 Å². The van der Waals surface area contributed by atoms with Crippen molar-refractivity contribution in [2.75, 3.05) is 6.54 Å². The first kappa shape index (κ1) is 18.2. The molecule has 0 heterocycles. The van der Waals surface area contributed by atoms with E-state index in [0.717, 1.165) is 30.5 Å². The molecule has 1 aromatic carbocycles. The lowest BCUT2D eigenvalue weighted by atomic mass is 9.96. The minimum atomic E-state index is -0.0593. The highest BCUT2D eigenvalue weighted by Gasteiger charge is 2.13. The molecule has 1 atom stereocenters. The number of aryl methyl sites for hydroxylation is 2. The lowest BCUT2D eigenvalue weighted by Crippen LogP contribution is -2.22. The Morgan fingerprint density at radius 1 is 0.952 bits per heavy atom. The molecular weight excluding hydrogens is 261 g/mol. The van der Waals surface area contributed by atoms with Crippen LogP contribution < -0.4 is 5.32 Å². The van der Waals surface area contributed by atoms with Gasteiger partial charge in [-0.25, -0.2) is 4.39 Å². The number of hydrogen-bond donors (Lipinski definition) is 1. The molecule has 0 bridgehead atoms. The molecule has 1 N–H and O–H groups in total. The molecule has 0 aliphatic heterocycles. The summed E-state index contributed by atoms with van der Waals surface area (Å²) in [6.45, 7) is 9.19. The van der Waals surface area contributed by atoms with Crippen LogP contribution in [0.25, 0.3) is 0 Å². The minimum Gasteiger partial charge on any atom is -0.310 e. The van der Waals surface area contributed by atoms with Crippen LogP contribution in [0.15, 0.2) is 12.1 Å². The molecule has 1 nitrogen and oxygen atoms in total. The summed E-state index contributed by atoms with van der Waals surface area (Å²) in [4.78, 5) is 0. The quantitative estimate of drug-likeness (QED) is 0.534. The first-order valence-electron chi connectivity index (χ1n) is 8.60. The van der Waals surface area contributed by atoms with Crippen LogP contribution in [0.1, 0.15) is 81.5 Å². The van der Waals surface area contributed by atoms with E-state index >= 15 is 0 Å². The molecule has 0 fully saturated rings. The molecule has 0 radical (unpaired) electrons. The number of hydrogen-bond acceptors (Lipinski definition) is 1. The molecule has 0 saturated carbocycles. The van der Waals surface area contributed by atoms with Gasteiger partial charge in [-0.2, -0.15) is 0 Å². The molecule has 0 aliphatic rings. The summed E-state index contributed by atoms with van der Waals surface area (Å²) in [5.41, 5.74) is 2.77. The summed E-state index contributed by atoms with van der Waals surface area (Å²) in [7, 11) is 0. The van der Waals surface area contributed by atoms with Gasteiger partial charge >= 0.3 is 0 Å². The van der Waals surface area contributed by atoms with Gasteiger partial charge in [0.2, 0.25) is 0 Å². The Bertz CT molecular complexity index is 391. The van der Waals surface area contributed by atoms with E-state index in [-0.39, 0.29) is 5.82 Å². The SMILES string of the molecule is CCCCCCCC(NCCC)c1cc(C)c(F)c(C)c1. The van der Waals surface area contributed by atoms with Crippen LogP contribution in [0, 0.1) is 19.7 Å². The molecule has 1 rings (SSSR count). The maximum atomic E-state index is 13.8. The van der Waals surface area contributed by atoms with Gasteiger partial charge in [0.15, 0.2) is 0 Å². The number of rotatable bonds is 10. The lowest BCUT2D eigenvalue weighted by Gasteiger charge is -2.20. The van der Waals surface area contributed by atoms with Gasteiger partial charge in [-0.15, -0.1) is 0 Å². The third-order valence-electron chi connectivity index (χ3n) is 4.10. The molecule has 21 heavy (non-hydrogen) atoms. The Labute approximate surface area is 130 Å². The van der Waals surface area contributed by atoms with E-state index < -0.39 is 0 Å². The van der Waals surface area contributed by atoms with Crippen LogP contribution in [0.2, 0.25) is 0 Å². The smallest absolute Gasteiger partial charge is 0.129 e. The molecule has 0 spiro atoms. The highest BCUT2D eigenvalue weighted by atomic mass is 19.1. The lowest BCUT2D eigenvalue weighted by molar-refractivity contribution is 0.466. The maximum absolute atomic E-state index is 13.8. The summed E-state index contributed by atoms with van der Waals surface area (Å²) in [5.74, 6) is -0.0593. The van der Waals surface area contributed by atoms with Crippen molar-refractivity contribution >= 4 is 0 Å². The van der Waals surface area contributed by atoms with Gasteiger partial charge in [0.1, 0.15) is 5.82 Å². The van der Waals surface area contributed by atoms with Crippen LogP contribution in [0.3, 0.4) is 0 Å². The van der Waals surface area contributed by atoms with E-state index in [0.29, 0.717) is 6.04 Å². The average Bonchev–Trinajstić information content (AvgIpc) is 2.47. The molecule has 0 saturated heterocycles. The summed E-state index contributed by atoms with van der Waals surface area (Å²) in [5, 5.41) is 3.63. The molecule has 0 aliphatic carbocycles. The Hall–Kier alpha value is -0.890. The minimum absolute atomic E-state index is 0.0593. The van der Waals surface area contributed by atoms with Crippen LogP contribution in [0.5, 0.6) is 0 Å². The largest absolute Gasteiger partial charge is 0.310 e. The maximum Gasteiger partial charge on any atom is 0.129 e. The monoisotopic (exact) mass is 293 g/mol. The molecule has 1 aromatic rings. The van der Waals surface area contributed by atoms with E-state index in [1.54, 1.807) is 0 Å². The molecule has 2 heteroatoms. The number of benzene rings is 1. The summed E-state index contributed by atoms with van der Waals surface area (Å²) >= 11 is 0. The number of nitrogens with one attached hydrogen (secondary N) is 1. The molecule has 120 valence electrons. The fourth-order valence-electron chi connectivity index (χ4n) is 2.84.